The maximum absolute atomic E-state index is 13.6. The van der Waals surface area contributed by atoms with Crippen LogP contribution in [-0.2, 0) is 11.0 Å². The molecule has 2 heterocycles. The van der Waals surface area contributed by atoms with Crippen molar-refractivity contribution in [3.8, 4) is 0 Å². The Labute approximate surface area is 197 Å². The molecule has 2 saturated heterocycles. The highest BCUT2D eigenvalue weighted by atomic mass is 19.4. The van der Waals surface area contributed by atoms with Gasteiger partial charge in [-0.15, -0.1) is 0 Å². The molecule has 0 unspecified atom stereocenters. The summed E-state index contributed by atoms with van der Waals surface area (Å²) in [5.74, 6) is -1.01. The van der Waals surface area contributed by atoms with E-state index in [9.17, 15) is 27.2 Å². The summed E-state index contributed by atoms with van der Waals surface area (Å²) >= 11 is 0. The van der Waals surface area contributed by atoms with Gasteiger partial charge in [0, 0.05) is 37.2 Å². The summed E-state index contributed by atoms with van der Waals surface area (Å²) in [7, 11) is 0. The van der Waals surface area contributed by atoms with Crippen LogP contribution in [0.3, 0.4) is 0 Å². The van der Waals surface area contributed by atoms with Crippen LogP contribution in [0.2, 0.25) is 0 Å². The molecule has 3 aliphatic rings. The van der Waals surface area contributed by atoms with Crippen molar-refractivity contribution in [3.63, 3.8) is 0 Å². The SMILES string of the molecule is O=C(NCC1CCN(C[C@@H]2CCCN2C(=O)C2CCCC2)CC1)c1cc(F)cc(C(F)(F)F)c1. The Hall–Kier alpha value is -2.16. The number of benzene rings is 1. The fourth-order valence-corrected chi connectivity index (χ4v) is 5.62. The maximum atomic E-state index is 13.6. The van der Waals surface area contributed by atoms with Gasteiger partial charge in [-0.05, 0) is 75.7 Å². The molecule has 1 aromatic carbocycles. The lowest BCUT2D eigenvalue weighted by atomic mass is 9.96. The number of likely N-dealkylation sites (tertiary alicyclic amines) is 2. The van der Waals surface area contributed by atoms with Gasteiger partial charge in [0.25, 0.3) is 5.91 Å². The molecule has 4 rings (SSSR count). The van der Waals surface area contributed by atoms with Crippen LogP contribution < -0.4 is 5.32 Å². The third kappa shape index (κ3) is 6.09. The van der Waals surface area contributed by atoms with Gasteiger partial charge in [-0.2, -0.15) is 13.2 Å². The summed E-state index contributed by atoms with van der Waals surface area (Å²) in [5.41, 5.74) is -1.49. The largest absolute Gasteiger partial charge is 0.416 e. The number of carbonyl (C=O) groups excluding carboxylic acids is 2. The minimum atomic E-state index is -4.71. The fourth-order valence-electron chi connectivity index (χ4n) is 5.62. The van der Waals surface area contributed by atoms with E-state index in [1.807, 2.05) is 0 Å². The van der Waals surface area contributed by atoms with Gasteiger partial charge in [0.05, 0.1) is 5.56 Å². The van der Waals surface area contributed by atoms with Crippen LogP contribution in [0.4, 0.5) is 17.6 Å². The molecule has 9 heteroatoms. The molecule has 0 bridgehead atoms. The smallest absolute Gasteiger partial charge is 0.352 e. The molecule has 5 nitrogen and oxygen atoms in total. The van der Waals surface area contributed by atoms with Crippen molar-refractivity contribution in [2.75, 3.05) is 32.7 Å². The molecule has 1 N–H and O–H groups in total. The first kappa shape index (κ1) is 24.9. The molecule has 1 aliphatic carbocycles. The van der Waals surface area contributed by atoms with Gasteiger partial charge in [0.1, 0.15) is 5.82 Å². The van der Waals surface area contributed by atoms with E-state index in [-0.39, 0.29) is 23.4 Å². The number of rotatable bonds is 6. The molecular formula is C25H33F4N3O2. The van der Waals surface area contributed by atoms with Crippen molar-refractivity contribution in [3.05, 3.63) is 35.1 Å². The average molecular weight is 484 g/mol. The summed E-state index contributed by atoms with van der Waals surface area (Å²) in [6.45, 7) is 3.81. The number of nitrogens with one attached hydrogen (secondary N) is 1. The van der Waals surface area contributed by atoms with Gasteiger partial charge in [0.15, 0.2) is 0 Å². The van der Waals surface area contributed by atoms with Crippen molar-refractivity contribution < 1.29 is 27.2 Å². The monoisotopic (exact) mass is 483 g/mol. The van der Waals surface area contributed by atoms with E-state index in [1.165, 1.54) is 0 Å². The Morgan fingerprint density at radius 3 is 2.32 bits per heavy atom. The molecule has 0 aromatic heterocycles. The number of piperidine rings is 1. The highest BCUT2D eigenvalue weighted by Gasteiger charge is 2.36. The van der Waals surface area contributed by atoms with Crippen molar-refractivity contribution in [1.29, 1.82) is 0 Å². The molecule has 188 valence electrons. The fraction of sp³-hybridized carbons (Fsp3) is 0.680. The second kappa shape index (κ2) is 10.6. The normalized spacial score (nSPS) is 22.9. The Balaban J connectivity index is 1.23. The summed E-state index contributed by atoms with van der Waals surface area (Å²) in [6.07, 6.45) is 3.47. The molecule has 1 saturated carbocycles. The average Bonchev–Trinajstić information content (AvgIpc) is 3.49. The Bertz CT molecular complexity index is 877. The second-order valence-electron chi connectivity index (χ2n) is 9.99. The zero-order valence-corrected chi connectivity index (χ0v) is 19.4. The van der Waals surface area contributed by atoms with Gasteiger partial charge >= 0.3 is 6.18 Å². The first-order chi connectivity index (χ1) is 16.2. The summed E-state index contributed by atoms with van der Waals surface area (Å²) in [6, 6.07) is 2.17. The van der Waals surface area contributed by atoms with E-state index in [4.69, 9.17) is 0 Å². The van der Waals surface area contributed by atoms with E-state index >= 15 is 0 Å². The first-order valence-electron chi connectivity index (χ1n) is 12.4. The number of hydrogen-bond acceptors (Lipinski definition) is 3. The van der Waals surface area contributed by atoms with E-state index in [2.05, 4.69) is 15.1 Å². The third-order valence-corrected chi connectivity index (χ3v) is 7.58. The molecule has 1 atom stereocenters. The molecule has 2 amide bonds. The minimum absolute atomic E-state index is 0.209. The number of amides is 2. The number of carbonyl (C=O) groups is 2. The van der Waals surface area contributed by atoms with Gasteiger partial charge in [-0.3, -0.25) is 9.59 Å². The van der Waals surface area contributed by atoms with Crippen LogP contribution in [0, 0.1) is 17.7 Å². The maximum Gasteiger partial charge on any atom is 0.416 e. The number of halogens is 4. The molecule has 3 fully saturated rings. The molecule has 34 heavy (non-hydrogen) atoms. The minimum Gasteiger partial charge on any atom is -0.352 e. The molecular weight excluding hydrogens is 450 g/mol. The van der Waals surface area contributed by atoms with Crippen LogP contribution in [0.25, 0.3) is 0 Å². The van der Waals surface area contributed by atoms with E-state index < -0.39 is 23.5 Å². The van der Waals surface area contributed by atoms with Gasteiger partial charge in [-0.1, -0.05) is 12.8 Å². The lowest BCUT2D eigenvalue weighted by molar-refractivity contribution is -0.138. The number of nitrogens with zero attached hydrogens (tertiary/aromatic N) is 2. The van der Waals surface area contributed by atoms with Crippen LogP contribution in [0.5, 0.6) is 0 Å². The zero-order chi connectivity index (χ0) is 24.3. The Kier molecular flexibility index (Phi) is 7.80. The Morgan fingerprint density at radius 2 is 1.65 bits per heavy atom. The zero-order valence-electron chi connectivity index (χ0n) is 19.4. The standard InChI is InChI=1S/C25H33F4N3O2/c26-21-13-19(12-20(14-21)25(27,28)29)23(33)30-15-17-7-10-31(11-8-17)16-22-6-3-9-32(22)24(34)18-4-1-2-5-18/h12-14,17-18,22H,1-11,15-16H2,(H,30,33)/t22-/m0/s1. The Morgan fingerprint density at radius 1 is 0.941 bits per heavy atom. The molecule has 1 aromatic rings. The lowest BCUT2D eigenvalue weighted by Gasteiger charge is -2.36. The first-order valence-corrected chi connectivity index (χ1v) is 12.4. The summed E-state index contributed by atoms with van der Waals surface area (Å²) in [5, 5.41) is 2.67. The predicted octanol–water partition coefficient (Wildman–Crippen LogP) is 4.47. The van der Waals surface area contributed by atoms with Gasteiger partial charge in [-0.25, -0.2) is 4.39 Å². The van der Waals surface area contributed by atoms with E-state index in [0.29, 0.717) is 24.6 Å². The van der Waals surface area contributed by atoms with Crippen LogP contribution in [0.15, 0.2) is 18.2 Å². The molecule has 2 aliphatic heterocycles. The number of alkyl halides is 3. The van der Waals surface area contributed by atoms with Gasteiger partial charge < -0.3 is 15.1 Å². The predicted molar refractivity (Wildman–Crippen MR) is 120 cm³/mol. The van der Waals surface area contributed by atoms with Crippen LogP contribution in [0.1, 0.15) is 67.3 Å². The van der Waals surface area contributed by atoms with Crippen LogP contribution in [-0.4, -0.2) is 60.4 Å². The second-order valence-corrected chi connectivity index (χ2v) is 9.99. The van der Waals surface area contributed by atoms with E-state index in [1.54, 1.807) is 0 Å². The highest BCUT2D eigenvalue weighted by Crippen LogP contribution is 2.31. The van der Waals surface area contributed by atoms with Gasteiger partial charge in [0.2, 0.25) is 5.91 Å². The topological polar surface area (TPSA) is 52.7 Å². The molecule has 0 spiro atoms. The quantitative estimate of drug-likeness (QED) is 0.608. The van der Waals surface area contributed by atoms with Crippen molar-refractivity contribution >= 4 is 11.8 Å². The summed E-state index contributed by atoms with van der Waals surface area (Å²) in [4.78, 5) is 29.7. The van der Waals surface area contributed by atoms with Crippen molar-refractivity contribution in [2.24, 2.45) is 11.8 Å². The number of hydrogen-bond donors (Lipinski definition) is 1. The van der Waals surface area contributed by atoms with Crippen LogP contribution >= 0.6 is 0 Å². The molecule has 0 radical (unpaired) electrons. The van der Waals surface area contributed by atoms with Crippen molar-refractivity contribution in [2.45, 2.75) is 63.6 Å². The van der Waals surface area contributed by atoms with Crippen molar-refractivity contribution in [1.82, 2.24) is 15.1 Å². The lowest BCUT2D eigenvalue weighted by Crippen LogP contribution is -2.47. The highest BCUT2D eigenvalue weighted by molar-refractivity contribution is 5.94. The summed E-state index contributed by atoms with van der Waals surface area (Å²) < 4.78 is 52.3. The van der Waals surface area contributed by atoms with E-state index in [0.717, 1.165) is 83.6 Å². The third-order valence-electron chi connectivity index (χ3n) is 7.58.